The maximum Gasteiger partial charge on any atom is 0.268 e. The molecular weight excluding hydrogens is 1070 g/mol. The fraction of sp³-hybridized carbons (Fsp3) is 0.0149. The molecule has 0 aliphatic rings. The van der Waals surface area contributed by atoms with Gasteiger partial charge in [-0.1, -0.05) is 211 Å². The summed E-state index contributed by atoms with van der Waals surface area (Å²) in [5, 5.41) is 2.15. The molecule has 0 saturated heterocycles. The summed E-state index contributed by atoms with van der Waals surface area (Å²) in [4.78, 5) is 4.85. The minimum absolute atomic E-state index is 0. The van der Waals surface area contributed by atoms with E-state index in [9.17, 15) is 0 Å². The average Bonchev–Trinajstić information content (AvgIpc) is 4.00. The van der Waals surface area contributed by atoms with Gasteiger partial charge in [-0.2, -0.15) is 18.2 Å². The van der Waals surface area contributed by atoms with Gasteiger partial charge in [0.25, 0.3) is 6.33 Å². The first-order valence-corrected chi connectivity index (χ1v) is 24.2. The monoisotopic (exact) mass is 1120 g/mol. The van der Waals surface area contributed by atoms with Crippen molar-refractivity contribution in [2.75, 3.05) is 0 Å². The number of aromatic nitrogens is 4. The molecule has 0 saturated carbocycles. The zero-order valence-corrected chi connectivity index (χ0v) is 42.0. The van der Waals surface area contributed by atoms with Crippen molar-refractivity contribution < 1.29 is 30.4 Å². The molecule has 0 aliphatic heterocycles. The van der Waals surface area contributed by atoms with E-state index in [1.54, 1.807) is 0 Å². The maximum atomic E-state index is 7.25. The number of benzene rings is 10. The number of ether oxygens (including phenoxy) is 1. The Morgan fingerprint density at radius 3 is 1.70 bits per heavy atom. The van der Waals surface area contributed by atoms with Gasteiger partial charge in [0.1, 0.15) is 5.82 Å². The Kier molecular flexibility index (Phi) is 12.0. The van der Waals surface area contributed by atoms with E-state index in [0.29, 0.717) is 11.5 Å². The standard InChI is InChI=1S/C67H44N4O.Pt/c1-46-57(50-28-12-5-13-29-50)40-51(47-22-6-2-7-23-47)41-58(46)60-43-59-56-32-14-15-35-61(56)71(66-38-18-19-39-68-66)64(59)44-65(60)72-53-31-20-30-52(42-53)69-45-70(63-37-17-16-36-62(63)69)67-54(48-24-8-3-9-25-48)33-21-34-55(67)49-26-10-4-11-27-49;/h2-41,43H,1H3;/q-2;. The van der Waals surface area contributed by atoms with E-state index in [1.807, 2.05) is 36.5 Å². The average molecular weight is 1120 g/mol. The summed E-state index contributed by atoms with van der Waals surface area (Å²) in [5.41, 5.74) is 17.8. The molecule has 13 aromatic rings. The molecule has 3 heterocycles. The van der Waals surface area contributed by atoms with Crippen molar-refractivity contribution in [2.45, 2.75) is 6.92 Å². The second-order valence-corrected chi connectivity index (χ2v) is 17.9. The fourth-order valence-electron chi connectivity index (χ4n) is 10.3. The Labute approximate surface area is 438 Å². The van der Waals surface area contributed by atoms with Crippen LogP contribution >= 0.6 is 0 Å². The van der Waals surface area contributed by atoms with Crippen molar-refractivity contribution in [3.63, 3.8) is 0 Å². The predicted octanol–water partition coefficient (Wildman–Crippen LogP) is 16.2. The molecule has 73 heavy (non-hydrogen) atoms. The molecule has 0 atom stereocenters. The Bertz CT molecular complexity index is 4060. The van der Waals surface area contributed by atoms with Crippen LogP contribution < -0.4 is 9.30 Å². The van der Waals surface area contributed by atoms with E-state index in [1.165, 1.54) is 0 Å². The van der Waals surface area contributed by atoms with Crippen molar-refractivity contribution >= 4 is 32.8 Å². The van der Waals surface area contributed by atoms with Crippen LogP contribution in [0.15, 0.2) is 249 Å². The summed E-state index contributed by atoms with van der Waals surface area (Å²) in [6, 6.07) is 92.4. The fourth-order valence-corrected chi connectivity index (χ4v) is 10.3. The third kappa shape index (κ3) is 8.24. The number of rotatable bonds is 10. The number of para-hydroxylation sites is 4. The smallest absolute Gasteiger partial charge is 0.268 e. The molecular formula is C67H44N4OPt-2. The van der Waals surface area contributed by atoms with E-state index >= 15 is 0 Å². The van der Waals surface area contributed by atoms with Crippen LogP contribution in [-0.4, -0.2) is 14.1 Å². The predicted molar refractivity (Wildman–Crippen MR) is 292 cm³/mol. The Morgan fingerprint density at radius 2 is 1.03 bits per heavy atom. The minimum Gasteiger partial charge on any atom is -0.509 e. The van der Waals surface area contributed by atoms with Crippen LogP contribution in [0.5, 0.6) is 11.5 Å². The molecule has 10 aromatic carbocycles. The molecule has 0 bridgehead atoms. The summed E-state index contributed by atoms with van der Waals surface area (Å²) in [6.45, 7) is 2.21. The number of nitrogens with zero attached hydrogens (tertiary/aromatic N) is 4. The quantitative estimate of drug-likeness (QED) is 0.101. The molecule has 13 rings (SSSR count). The summed E-state index contributed by atoms with van der Waals surface area (Å²) in [5.74, 6) is 1.91. The van der Waals surface area contributed by atoms with Crippen molar-refractivity contribution in [3.05, 3.63) is 273 Å². The molecule has 0 amide bonds. The van der Waals surface area contributed by atoms with Gasteiger partial charge in [0.05, 0.1) is 16.7 Å². The second-order valence-electron chi connectivity index (χ2n) is 17.9. The third-order valence-corrected chi connectivity index (χ3v) is 13.6. The van der Waals surface area contributed by atoms with Gasteiger partial charge < -0.3 is 13.9 Å². The molecule has 5 nitrogen and oxygen atoms in total. The largest absolute Gasteiger partial charge is 0.509 e. The van der Waals surface area contributed by atoms with E-state index in [4.69, 9.17) is 9.72 Å². The van der Waals surface area contributed by atoms with Crippen LogP contribution in [0.1, 0.15) is 5.56 Å². The summed E-state index contributed by atoms with van der Waals surface area (Å²) < 4.78 is 13.7. The number of hydrogen-bond acceptors (Lipinski definition) is 2. The van der Waals surface area contributed by atoms with Gasteiger partial charge in [0.15, 0.2) is 0 Å². The number of pyridine rings is 1. The molecule has 0 unspecified atom stereocenters. The normalized spacial score (nSPS) is 11.2. The van der Waals surface area contributed by atoms with E-state index in [2.05, 4.69) is 251 Å². The Balaban J connectivity index is 0.00000543. The molecule has 6 heteroatoms. The maximum absolute atomic E-state index is 7.25. The molecule has 3 aromatic heterocycles. The van der Waals surface area contributed by atoms with Gasteiger partial charge in [0, 0.05) is 44.3 Å². The van der Waals surface area contributed by atoms with Crippen LogP contribution in [0.4, 0.5) is 0 Å². The SMILES string of the molecule is Cc1c(-c2ccccc2)cc(-c2ccccc2)cc1-c1cc2c3ccccc3n(-c3ccccn3)c2[c-]c1Oc1[c-]c(-n2[c-][n+](-c3c(-c4ccccc4)cccc3-c3ccccc3)c3ccccc32)ccc1.[Pt]. The summed E-state index contributed by atoms with van der Waals surface area (Å²) in [6.07, 6.45) is 5.65. The van der Waals surface area contributed by atoms with Gasteiger partial charge in [-0.3, -0.25) is 4.57 Å². The molecule has 0 N–H and O–H groups in total. The number of hydrogen-bond donors (Lipinski definition) is 0. The zero-order chi connectivity index (χ0) is 48.0. The first kappa shape index (κ1) is 45.3. The van der Waals surface area contributed by atoms with Crippen molar-refractivity contribution in [2.24, 2.45) is 0 Å². The van der Waals surface area contributed by atoms with Crippen molar-refractivity contribution in [3.8, 4) is 84.3 Å². The van der Waals surface area contributed by atoms with Crippen LogP contribution in [0.25, 0.3) is 106 Å². The zero-order valence-electron chi connectivity index (χ0n) is 39.7. The molecule has 350 valence electrons. The Hall–Kier alpha value is -8.89. The molecule has 0 aliphatic carbocycles. The minimum atomic E-state index is 0. The third-order valence-electron chi connectivity index (χ3n) is 13.6. The molecule has 0 fully saturated rings. The number of imidazole rings is 1. The van der Waals surface area contributed by atoms with Crippen molar-refractivity contribution in [1.82, 2.24) is 14.1 Å². The van der Waals surface area contributed by atoms with Crippen LogP contribution in [-0.2, 0) is 21.1 Å². The first-order valence-electron chi connectivity index (χ1n) is 24.2. The second kappa shape index (κ2) is 19.4. The Morgan fingerprint density at radius 1 is 0.452 bits per heavy atom. The van der Waals surface area contributed by atoms with E-state index < -0.39 is 0 Å². The van der Waals surface area contributed by atoms with Gasteiger partial charge in [-0.25, -0.2) is 4.98 Å². The van der Waals surface area contributed by atoms with Gasteiger partial charge in [-0.05, 0) is 92.3 Å². The van der Waals surface area contributed by atoms with Crippen LogP contribution in [0.2, 0.25) is 0 Å². The van der Waals surface area contributed by atoms with Gasteiger partial charge in [0.2, 0.25) is 0 Å². The van der Waals surface area contributed by atoms with Crippen LogP contribution in [0, 0.1) is 25.4 Å². The van der Waals surface area contributed by atoms with E-state index in [0.717, 1.165) is 111 Å². The first-order chi connectivity index (χ1) is 35.6. The summed E-state index contributed by atoms with van der Waals surface area (Å²) in [7, 11) is 0. The van der Waals surface area contributed by atoms with Gasteiger partial charge >= 0.3 is 0 Å². The van der Waals surface area contributed by atoms with Crippen molar-refractivity contribution in [1.29, 1.82) is 0 Å². The topological polar surface area (TPSA) is 35.9 Å². The summed E-state index contributed by atoms with van der Waals surface area (Å²) >= 11 is 0. The number of fused-ring (bicyclic) bond motifs is 4. The molecule has 0 radical (unpaired) electrons. The van der Waals surface area contributed by atoms with E-state index in [-0.39, 0.29) is 21.1 Å². The van der Waals surface area contributed by atoms with Crippen LogP contribution in [0.3, 0.4) is 0 Å². The van der Waals surface area contributed by atoms with Gasteiger partial charge in [-0.15, -0.1) is 23.6 Å². The molecule has 0 spiro atoms.